The molecule has 0 aromatic heterocycles. The van der Waals surface area contributed by atoms with E-state index in [1.807, 2.05) is 12.1 Å². The smallest absolute Gasteiger partial charge is 0.123 e. The van der Waals surface area contributed by atoms with Gasteiger partial charge in [-0.05, 0) is 44.1 Å². The molecule has 3 heteroatoms. The van der Waals surface area contributed by atoms with Crippen LogP contribution in [0.2, 0.25) is 0 Å². The monoisotopic (exact) mass is 252 g/mol. The van der Waals surface area contributed by atoms with E-state index in [2.05, 4.69) is 31.1 Å². The molecule has 1 unspecified atom stereocenters. The average Bonchev–Trinajstić information content (AvgIpc) is 2.37. The highest BCUT2D eigenvalue weighted by atomic mass is 19.1. The Hall–Kier alpha value is -0.930. The Labute approximate surface area is 110 Å². The zero-order valence-corrected chi connectivity index (χ0v) is 11.7. The first kappa shape index (κ1) is 15.1. The van der Waals surface area contributed by atoms with E-state index < -0.39 is 0 Å². The van der Waals surface area contributed by atoms with Crippen LogP contribution in [0, 0.1) is 5.82 Å². The van der Waals surface area contributed by atoms with Crippen molar-refractivity contribution in [2.45, 2.75) is 39.3 Å². The molecular formula is C15H25FN2. The molecule has 0 amide bonds. The Bertz CT molecular complexity index is 324. The number of halogens is 1. The molecule has 0 bridgehead atoms. The summed E-state index contributed by atoms with van der Waals surface area (Å²) in [5, 5.41) is 3.46. The number of benzene rings is 1. The molecule has 2 nitrogen and oxygen atoms in total. The van der Waals surface area contributed by atoms with Gasteiger partial charge in [-0.1, -0.05) is 26.0 Å². The van der Waals surface area contributed by atoms with Crippen molar-refractivity contribution in [1.82, 2.24) is 10.2 Å². The van der Waals surface area contributed by atoms with Crippen LogP contribution >= 0.6 is 0 Å². The average molecular weight is 252 g/mol. The number of hydrogen-bond donors (Lipinski definition) is 1. The minimum absolute atomic E-state index is 0.168. The number of likely N-dealkylation sites (N-methyl/N-ethyl adjacent to an activating group) is 1. The molecule has 0 aliphatic heterocycles. The number of hydrogen-bond acceptors (Lipinski definition) is 2. The lowest BCUT2D eigenvalue weighted by Crippen LogP contribution is -2.39. The molecule has 0 spiro atoms. The van der Waals surface area contributed by atoms with Gasteiger partial charge in [-0.25, -0.2) is 4.39 Å². The van der Waals surface area contributed by atoms with E-state index in [0.29, 0.717) is 6.04 Å². The fourth-order valence-electron chi connectivity index (χ4n) is 2.06. The first-order valence-electron chi connectivity index (χ1n) is 6.82. The van der Waals surface area contributed by atoms with Crippen LogP contribution in [0.25, 0.3) is 0 Å². The summed E-state index contributed by atoms with van der Waals surface area (Å²) in [6.45, 7) is 7.34. The Morgan fingerprint density at radius 1 is 1.22 bits per heavy atom. The molecule has 0 aliphatic rings. The van der Waals surface area contributed by atoms with Crippen LogP contribution in [0.5, 0.6) is 0 Å². The molecule has 0 saturated heterocycles. The molecule has 0 fully saturated rings. The molecule has 102 valence electrons. The third-order valence-corrected chi connectivity index (χ3v) is 3.25. The van der Waals surface area contributed by atoms with Crippen LogP contribution in [0.1, 0.15) is 32.3 Å². The summed E-state index contributed by atoms with van der Waals surface area (Å²) < 4.78 is 12.8. The second kappa shape index (κ2) is 8.22. The minimum Gasteiger partial charge on any atom is -0.315 e. The number of nitrogens with one attached hydrogen (secondary N) is 1. The second-order valence-electron chi connectivity index (χ2n) is 4.81. The first-order chi connectivity index (χ1) is 8.67. The SMILES string of the molecule is CCCNCC(CC)N(C)Cc1ccc(F)cc1. The molecule has 0 saturated carbocycles. The van der Waals surface area contributed by atoms with Crippen molar-refractivity contribution < 1.29 is 4.39 Å². The maximum Gasteiger partial charge on any atom is 0.123 e. The standard InChI is InChI=1S/C15H25FN2/c1-4-10-17-11-15(5-2)18(3)12-13-6-8-14(16)9-7-13/h6-9,15,17H,4-5,10-12H2,1-3H3. The van der Waals surface area contributed by atoms with Crippen molar-refractivity contribution >= 4 is 0 Å². The van der Waals surface area contributed by atoms with Crippen molar-refractivity contribution in [3.05, 3.63) is 35.6 Å². The zero-order valence-electron chi connectivity index (χ0n) is 11.7. The van der Waals surface area contributed by atoms with Gasteiger partial charge >= 0.3 is 0 Å². The summed E-state index contributed by atoms with van der Waals surface area (Å²) in [6.07, 6.45) is 2.28. The van der Waals surface area contributed by atoms with Crippen LogP contribution in [0.15, 0.2) is 24.3 Å². The Morgan fingerprint density at radius 2 is 1.89 bits per heavy atom. The third-order valence-electron chi connectivity index (χ3n) is 3.25. The lowest BCUT2D eigenvalue weighted by Gasteiger charge is -2.27. The highest BCUT2D eigenvalue weighted by molar-refractivity contribution is 5.15. The molecule has 18 heavy (non-hydrogen) atoms. The summed E-state index contributed by atoms with van der Waals surface area (Å²) >= 11 is 0. The van der Waals surface area contributed by atoms with Gasteiger partial charge in [0, 0.05) is 19.1 Å². The third kappa shape index (κ3) is 5.15. The van der Waals surface area contributed by atoms with Crippen molar-refractivity contribution in [2.75, 3.05) is 20.1 Å². The van der Waals surface area contributed by atoms with Crippen LogP contribution in [-0.4, -0.2) is 31.1 Å². The summed E-state index contributed by atoms with van der Waals surface area (Å²) in [4.78, 5) is 2.33. The van der Waals surface area contributed by atoms with Gasteiger partial charge in [0.25, 0.3) is 0 Å². The molecule has 0 aliphatic carbocycles. The minimum atomic E-state index is -0.168. The van der Waals surface area contributed by atoms with Crippen molar-refractivity contribution in [3.63, 3.8) is 0 Å². The fourth-order valence-corrected chi connectivity index (χ4v) is 2.06. The highest BCUT2D eigenvalue weighted by Crippen LogP contribution is 2.09. The van der Waals surface area contributed by atoms with Crippen LogP contribution < -0.4 is 5.32 Å². The Balaban J connectivity index is 2.45. The molecule has 1 rings (SSSR count). The van der Waals surface area contributed by atoms with Crippen molar-refractivity contribution in [2.24, 2.45) is 0 Å². The largest absolute Gasteiger partial charge is 0.315 e. The molecule has 1 N–H and O–H groups in total. The molecular weight excluding hydrogens is 227 g/mol. The molecule has 1 aromatic rings. The lowest BCUT2D eigenvalue weighted by molar-refractivity contribution is 0.221. The Kier molecular flexibility index (Phi) is 6.91. The van der Waals surface area contributed by atoms with E-state index in [4.69, 9.17) is 0 Å². The van der Waals surface area contributed by atoms with Gasteiger partial charge in [-0.15, -0.1) is 0 Å². The first-order valence-corrected chi connectivity index (χ1v) is 6.82. The summed E-state index contributed by atoms with van der Waals surface area (Å²) in [5.41, 5.74) is 1.16. The summed E-state index contributed by atoms with van der Waals surface area (Å²) in [6, 6.07) is 7.30. The molecule has 0 heterocycles. The fraction of sp³-hybridized carbons (Fsp3) is 0.600. The van der Waals surface area contributed by atoms with Gasteiger partial charge in [0.1, 0.15) is 5.82 Å². The van der Waals surface area contributed by atoms with E-state index >= 15 is 0 Å². The van der Waals surface area contributed by atoms with E-state index in [1.165, 1.54) is 12.1 Å². The number of rotatable bonds is 8. The normalized spacial score (nSPS) is 12.9. The summed E-state index contributed by atoms with van der Waals surface area (Å²) in [5.74, 6) is -0.168. The predicted molar refractivity (Wildman–Crippen MR) is 75.1 cm³/mol. The van der Waals surface area contributed by atoms with E-state index in [-0.39, 0.29) is 5.82 Å². The van der Waals surface area contributed by atoms with Crippen molar-refractivity contribution in [1.29, 1.82) is 0 Å². The van der Waals surface area contributed by atoms with Gasteiger partial charge < -0.3 is 5.32 Å². The maximum atomic E-state index is 12.8. The van der Waals surface area contributed by atoms with Gasteiger partial charge in [-0.2, -0.15) is 0 Å². The van der Waals surface area contributed by atoms with E-state index in [0.717, 1.165) is 38.0 Å². The molecule has 1 atom stereocenters. The maximum absolute atomic E-state index is 12.8. The molecule has 1 aromatic carbocycles. The Morgan fingerprint density at radius 3 is 2.44 bits per heavy atom. The van der Waals surface area contributed by atoms with Crippen molar-refractivity contribution in [3.8, 4) is 0 Å². The lowest BCUT2D eigenvalue weighted by atomic mass is 10.1. The van der Waals surface area contributed by atoms with E-state index in [1.54, 1.807) is 0 Å². The van der Waals surface area contributed by atoms with E-state index in [9.17, 15) is 4.39 Å². The second-order valence-corrected chi connectivity index (χ2v) is 4.81. The summed E-state index contributed by atoms with van der Waals surface area (Å²) in [7, 11) is 2.13. The van der Waals surface area contributed by atoms with Gasteiger partial charge in [0.2, 0.25) is 0 Å². The van der Waals surface area contributed by atoms with Gasteiger partial charge in [0.15, 0.2) is 0 Å². The zero-order chi connectivity index (χ0) is 13.4. The van der Waals surface area contributed by atoms with Crippen LogP contribution in [0.4, 0.5) is 4.39 Å². The predicted octanol–water partition coefficient (Wildman–Crippen LogP) is 3.04. The topological polar surface area (TPSA) is 15.3 Å². The van der Waals surface area contributed by atoms with Crippen LogP contribution in [-0.2, 0) is 6.54 Å². The number of nitrogens with zero attached hydrogens (tertiary/aromatic N) is 1. The quantitative estimate of drug-likeness (QED) is 0.715. The molecule has 0 radical (unpaired) electrons. The highest BCUT2D eigenvalue weighted by Gasteiger charge is 2.12. The van der Waals surface area contributed by atoms with Gasteiger partial charge in [-0.3, -0.25) is 4.90 Å². The van der Waals surface area contributed by atoms with Gasteiger partial charge in [0.05, 0.1) is 0 Å². The van der Waals surface area contributed by atoms with Crippen LogP contribution in [0.3, 0.4) is 0 Å².